The predicted octanol–water partition coefficient (Wildman–Crippen LogP) is 0.706. The van der Waals surface area contributed by atoms with Crippen LogP contribution >= 0.6 is 0 Å². The first-order valence-electron chi connectivity index (χ1n) is 6.96. The summed E-state index contributed by atoms with van der Waals surface area (Å²) in [4.78, 5) is 11.9. The Morgan fingerprint density at radius 1 is 1.32 bits per heavy atom. The summed E-state index contributed by atoms with van der Waals surface area (Å²) in [5.74, 6) is 0.179. The van der Waals surface area contributed by atoms with Crippen molar-refractivity contribution in [1.82, 2.24) is 10.6 Å². The molecule has 1 aromatic rings. The molecule has 1 saturated heterocycles. The third-order valence-electron chi connectivity index (χ3n) is 3.54. The van der Waals surface area contributed by atoms with Gasteiger partial charge < -0.3 is 15.7 Å². The lowest BCUT2D eigenvalue weighted by Crippen LogP contribution is -2.41. The fourth-order valence-corrected chi connectivity index (χ4v) is 2.41. The topological polar surface area (TPSA) is 61.4 Å². The second kappa shape index (κ2) is 7.26. The number of carbonyl (C=O) groups excluding carboxylic acids is 1. The van der Waals surface area contributed by atoms with Gasteiger partial charge in [0.1, 0.15) is 0 Å². The third-order valence-corrected chi connectivity index (χ3v) is 3.54. The van der Waals surface area contributed by atoms with Crippen LogP contribution in [-0.2, 0) is 11.2 Å². The van der Waals surface area contributed by atoms with Gasteiger partial charge in [-0.3, -0.25) is 4.79 Å². The van der Waals surface area contributed by atoms with E-state index in [1.165, 1.54) is 0 Å². The van der Waals surface area contributed by atoms with E-state index in [1.807, 2.05) is 30.3 Å². The van der Waals surface area contributed by atoms with Gasteiger partial charge in [0.25, 0.3) is 0 Å². The molecular weight excluding hydrogens is 240 g/mol. The van der Waals surface area contributed by atoms with Crippen LogP contribution in [-0.4, -0.2) is 36.8 Å². The maximum Gasteiger partial charge on any atom is 0.223 e. The first-order valence-corrected chi connectivity index (χ1v) is 6.96. The van der Waals surface area contributed by atoms with E-state index in [2.05, 4.69) is 10.6 Å². The van der Waals surface area contributed by atoms with Crippen LogP contribution in [0.5, 0.6) is 0 Å². The molecule has 0 bridgehead atoms. The summed E-state index contributed by atoms with van der Waals surface area (Å²) < 4.78 is 0. The summed E-state index contributed by atoms with van der Waals surface area (Å²) in [6.07, 6.45) is 1.84. The number of benzene rings is 1. The van der Waals surface area contributed by atoms with E-state index >= 15 is 0 Å². The fraction of sp³-hybridized carbons (Fsp3) is 0.533. The summed E-state index contributed by atoms with van der Waals surface area (Å²) in [7, 11) is 0. The monoisotopic (exact) mass is 262 g/mol. The molecular formula is C15H22N2O2. The minimum Gasteiger partial charge on any atom is -0.391 e. The van der Waals surface area contributed by atoms with Gasteiger partial charge in [-0.15, -0.1) is 0 Å². The largest absolute Gasteiger partial charge is 0.391 e. The molecule has 1 unspecified atom stereocenters. The Balaban J connectivity index is 1.71. The highest BCUT2D eigenvalue weighted by Gasteiger charge is 2.21. The number of carbonyl (C=O) groups is 1. The number of amides is 1. The van der Waals surface area contributed by atoms with Crippen molar-refractivity contribution in [2.24, 2.45) is 5.92 Å². The van der Waals surface area contributed by atoms with Gasteiger partial charge in [-0.1, -0.05) is 30.3 Å². The highest BCUT2D eigenvalue weighted by Crippen LogP contribution is 2.11. The number of aliphatic hydroxyl groups excluding tert-OH is 1. The van der Waals surface area contributed by atoms with Crippen LogP contribution in [0.15, 0.2) is 30.3 Å². The predicted molar refractivity (Wildman–Crippen MR) is 74.8 cm³/mol. The van der Waals surface area contributed by atoms with Gasteiger partial charge in [0.05, 0.1) is 6.10 Å². The van der Waals surface area contributed by atoms with Crippen molar-refractivity contribution in [3.63, 3.8) is 0 Å². The number of rotatable bonds is 5. The van der Waals surface area contributed by atoms with Crippen molar-refractivity contribution in [2.45, 2.75) is 25.4 Å². The smallest absolute Gasteiger partial charge is 0.223 e. The normalized spacial score (nSPS) is 17.9. The Morgan fingerprint density at radius 3 is 2.68 bits per heavy atom. The summed E-state index contributed by atoms with van der Waals surface area (Å²) in [5, 5.41) is 16.0. The third kappa shape index (κ3) is 4.65. The second-order valence-corrected chi connectivity index (χ2v) is 5.11. The van der Waals surface area contributed by atoms with E-state index in [-0.39, 0.29) is 11.8 Å². The molecule has 4 nitrogen and oxygen atoms in total. The molecule has 2 rings (SSSR count). The Hall–Kier alpha value is -1.39. The fourth-order valence-electron chi connectivity index (χ4n) is 2.41. The molecule has 0 spiro atoms. The second-order valence-electron chi connectivity index (χ2n) is 5.11. The minimum absolute atomic E-state index is 0.0774. The zero-order valence-electron chi connectivity index (χ0n) is 11.1. The molecule has 1 fully saturated rings. The van der Waals surface area contributed by atoms with Crippen molar-refractivity contribution in [1.29, 1.82) is 0 Å². The number of hydrogen-bond acceptors (Lipinski definition) is 3. The number of hydrogen-bond donors (Lipinski definition) is 3. The molecule has 0 radical (unpaired) electrons. The van der Waals surface area contributed by atoms with E-state index in [0.717, 1.165) is 31.5 Å². The highest BCUT2D eigenvalue weighted by molar-refractivity contribution is 5.78. The Bertz CT molecular complexity index is 388. The average molecular weight is 262 g/mol. The lowest BCUT2D eigenvalue weighted by atomic mass is 9.97. The van der Waals surface area contributed by atoms with Gasteiger partial charge in [0, 0.05) is 18.9 Å². The van der Waals surface area contributed by atoms with Crippen molar-refractivity contribution in [3.05, 3.63) is 35.9 Å². The molecule has 0 aromatic heterocycles. The molecule has 0 saturated carbocycles. The van der Waals surface area contributed by atoms with Crippen LogP contribution in [0.2, 0.25) is 0 Å². The van der Waals surface area contributed by atoms with Gasteiger partial charge in [-0.2, -0.15) is 0 Å². The Kier molecular flexibility index (Phi) is 5.36. The molecule has 0 aliphatic carbocycles. The van der Waals surface area contributed by atoms with Crippen LogP contribution < -0.4 is 10.6 Å². The Labute approximate surface area is 114 Å². The quantitative estimate of drug-likeness (QED) is 0.732. The lowest BCUT2D eigenvalue weighted by Gasteiger charge is -2.22. The molecule has 1 aliphatic rings. The van der Waals surface area contributed by atoms with E-state index in [9.17, 15) is 9.90 Å². The van der Waals surface area contributed by atoms with Crippen LogP contribution in [0.4, 0.5) is 0 Å². The maximum absolute atomic E-state index is 11.9. The van der Waals surface area contributed by atoms with Gasteiger partial charge in [-0.25, -0.2) is 0 Å². The first kappa shape index (κ1) is 14.0. The molecule has 4 heteroatoms. The summed E-state index contributed by atoms with van der Waals surface area (Å²) >= 11 is 0. The van der Waals surface area contributed by atoms with Crippen molar-refractivity contribution < 1.29 is 9.90 Å². The molecule has 19 heavy (non-hydrogen) atoms. The summed E-state index contributed by atoms with van der Waals surface area (Å²) in [6, 6.07) is 9.83. The molecule has 104 valence electrons. The summed E-state index contributed by atoms with van der Waals surface area (Å²) in [6.45, 7) is 2.15. The molecule has 1 aromatic carbocycles. The van der Waals surface area contributed by atoms with E-state index in [0.29, 0.717) is 13.0 Å². The molecule has 1 heterocycles. The van der Waals surface area contributed by atoms with Crippen LogP contribution in [0, 0.1) is 5.92 Å². The van der Waals surface area contributed by atoms with Gasteiger partial charge >= 0.3 is 0 Å². The van der Waals surface area contributed by atoms with Crippen LogP contribution in [0.25, 0.3) is 0 Å². The van der Waals surface area contributed by atoms with E-state index < -0.39 is 6.10 Å². The van der Waals surface area contributed by atoms with Crippen LogP contribution in [0.1, 0.15) is 18.4 Å². The average Bonchev–Trinajstić information content (AvgIpc) is 2.47. The number of aliphatic hydroxyl groups is 1. The first-order chi connectivity index (χ1) is 9.25. The van der Waals surface area contributed by atoms with Gasteiger partial charge in [-0.05, 0) is 31.5 Å². The van der Waals surface area contributed by atoms with Gasteiger partial charge in [0.2, 0.25) is 5.91 Å². The maximum atomic E-state index is 11.9. The SMILES string of the molecule is O=C(NCC(O)Cc1ccccc1)C1CCNCC1. The number of nitrogens with one attached hydrogen (secondary N) is 2. The Morgan fingerprint density at radius 2 is 2.00 bits per heavy atom. The van der Waals surface area contributed by atoms with Gasteiger partial charge in [0.15, 0.2) is 0 Å². The standard InChI is InChI=1S/C15H22N2O2/c18-14(10-12-4-2-1-3-5-12)11-17-15(19)13-6-8-16-9-7-13/h1-5,13-14,16,18H,6-11H2,(H,17,19). The van der Waals surface area contributed by atoms with E-state index in [4.69, 9.17) is 0 Å². The zero-order valence-corrected chi connectivity index (χ0v) is 11.1. The minimum atomic E-state index is -0.520. The molecule has 1 amide bonds. The molecule has 1 aliphatic heterocycles. The van der Waals surface area contributed by atoms with Crippen molar-refractivity contribution in [3.8, 4) is 0 Å². The van der Waals surface area contributed by atoms with Crippen molar-refractivity contribution in [2.75, 3.05) is 19.6 Å². The van der Waals surface area contributed by atoms with Crippen molar-refractivity contribution >= 4 is 5.91 Å². The zero-order chi connectivity index (χ0) is 13.5. The molecule has 1 atom stereocenters. The van der Waals surface area contributed by atoms with E-state index in [1.54, 1.807) is 0 Å². The highest BCUT2D eigenvalue weighted by atomic mass is 16.3. The van der Waals surface area contributed by atoms with Crippen LogP contribution in [0.3, 0.4) is 0 Å². The summed E-state index contributed by atoms with van der Waals surface area (Å²) in [5.41, 5.74) is 1.09. The number of piperidine rings is 1. The molecule has 3 N–H and O–H groups in total. The lowest BCUT2D eigenvalue weighted by molar-refractivity contribution is -0.126.